The number of rotatable bonds is 7. The van der Waals surface area contributed by atoms with E-state index >= 15 is 0 Å². The first-order chi connectivity index (χ1) is 9.81. The molecular weight excluding hydrogens is 257 g/mol. The Labute approximate surface area is 119 Å². The molecule has 1 N–H and O–H groups in total. The highest BCUT2D eigenvalue weighted by molar-refractivity contribution is 5.34. The molecule has 3 rings (SSSR count). The van der Waals surface area contributed by atoms with E-state index in [2.05, 4.69) is 5.32 Å². The van der Waals surface area contributed by atoms with Gasteiger partial charge >= 0.3 is 0 Å². The second kappa shape index (κ2) is 6.55. The van der Waals surface area contributed by atoms with Crippen molar-refractivity contribution in [2.45, 2.75) is 50.8 Å². The second-order valence-electron chi connectivity index (χ2n) is 5.68. The van der Waals surface area contributed by atoms with E-state index in [1.807, 2.05) is 0 Å². The van der Waals surface area contributed by atoms with Gasteiger partial charge in [0.2, 0.25) is 0 Å². The van der Waals surface area contributed by atoms with E-state index in [1.54, 1.807) is 12.1 Å². The lowest BCUT2D eigenvalue weighted by atomic mass is 10.2. The van der Waals surface area contributed by atoms with Crippen LogP contribution >= 0.6 is 0 Å². The third-order valence-corrected chi connectivity index (χ3v) is 3.90. The standard InChI is InChI=1S/C16H22FNO2/c17-13-3-6-16(12(10-13)11-18-14-4-5-14)20-9-7-15-2-1-8-19-15/h3,6,10,14-15,18H,1-2,4-5,7-9,11H2. The maximum Gasteiger partial charge on any atom is 0.123 e. The Bertz CT molecular complexity index is 442. The summed E-state index contributed by atoms with van der Waals surface area (Å²) in [6.45, 7) is 2.18. The van der Waals surface area contributed by atoms with E-state index in [0.29, 0.717) is 25.3 Å². The highest BCUT2D eigenvalue weighted by Gasteiger charge is 2.21. The number of ether oxygens (including phenoxy) is 2. The minimum absolute atomic E-state index is 0.205. The van der Waals surface area contributed by atoms with Crippen LogP contribution in [-0.4, -0.2) is 25.4 Å². The molecule has 20 heavy (non-hydrogen) atoms. The normalized spacial score (nSPS) is 22.1. The molecule has 1 saturated heterocycles. The fraction of sp³-hybridized carbons (Fsp3) is 0.625. The van der Waals surface area contributed by atoms with Gasteiger partial charge < -0.3 is 14.8 Å². The van der Waals surface area contributed by atoms with Gasteiger partial charge in [-0.1, -0.05) is 0 Å². The van der Waals surface area contributed by atoms with Crippen molar-refractivity contribution in [3.63, 3.8) is 0 Å². The van der Waals surface area contributed by atoms with Crippen molar-refractivity contribution in [3.05, 3.63) is 29.6 Å². The van der Waals surface area contributed by atoms with E-state index in [-0.39, 0.29) is 5.82 Å². The number of halogens is 1. The fourth-order valence-electron chi connectivity index (χ4n) is 2.54. The molecule has 4 heteroatoms. The van der Waals surface area contributed by atoms with Crippen LogP contribution in [0, 0.1) is 5.82 Å². The lowest BCUT2D eigenvalue weighted by Gasteiger charge is -2.14. The highest BCUT2D eigenvalue weighted by atomic mass is 19.1. The average molecular weight is 279 g/mol. The van der Waals surface area contributed by atoms with Crippen LogP contribution in [0.1, 0.15) is 37.7 Å². The Morgan fingerprint density at radius 2 is 2.20 bits per heavy atom. The summed E-state index contributed by atoms with van der Waals surface area (Å²) < 4.78 is 24.7. The molecule has 2 fully saturated rings. The molecule has 1 unspecified atom stereocenters. The highest BCUT2D eigenvalue weighted by Crippen LogP contribution is 2.24. The quantitative estimate of drug-likeness (QED) is 0.832. The summed E-state index contributed by atoms with van der Waals surface area (Å²) in [6.07, 6.45) is 5.98. The summed E-state index contributed by atoms with van der Waals surface area (Å²) in [6, 6.07) is 5.37. The first-order valence-electron chi connectivity index (χ1n) is 7.57. The van der Waals surface area contributed by atoms with E-state index in [9.17, 15) is 4.39 Å². The molecule has 1 atom stereocenters. The predicted molar refractivity (Wildman–Crippen MR) is 75.3 cm³/mol. The van der Waals surface area contributed by atoms with Gasteiger partial charge in [-0.15, -0.1) is 0 Å². The van der Waals surface area contributed by atoms with Crippen molar-refractivity contribution < 1.29 is 13.9 Å². The molecule has 1 aliphatic heterocycles. The van der Waals surface area contributed by atoms with Gasteiger partial charge in [0.1, 0.15) is 11.6 Å². The largest absolute Gasteiger partial charge is 0.493 e. The number of hydrogen-bond donors (Lipinski definition) is 1. The van der Waals surface area contributed by atoms with E-state index in [0.717, 1.165) is 37.2 Å². The van der Waals surface area contributed by atoms with Crippen LogP contribution in [-0.2, 0) is 11.3 Å². The van der Waals surface area contributed by atoms with Gasteiger partial charge in [-0.25, -0.2) is 4.39 Å². The molecule has 1 heterocycles. The third kappa shape index (κ3) is 3.93. The fourth-order valence-corrected chi connectivity index (χ4v) is 2.54. The minimum Gasteiger partial charge on any atom is -0.493 e. The van der Waals surface area contributed by atoms with Crippen molar-refractivity contribution in [2.24, 2.45) is 0 Å². The third-order valence-electron chi connectivity index (χ3n) is 3.90. The summed E-state index contributed by atoms with van der Waals surface area (Å²) in [7, 11) is 0. The predicted octanol–water partition coefficient (Wildman–Crippen LogP) is 3.03. The summed E-state index contributed by atoms with van der Waals surface area (Å²) in [5.74, 6) is 0.585. The molecule has 0 radical (unpaired) electrons. The maximum atomic E-state index is 13.4. The van der Waals surface area contributed by atoms with Crippen LogP contribution in [0.15, 0.2) is 18.2 Å². The Balaban J connectivity index is 1.52. The molecule has 110 valence electrons. The van der Waals surface area contributed by atoms with Crippen LogP contribution < -0.4 is 10.1 Å². The van der Waals surface area contributed by atoms with Gasteiger partial charge in [-0.05, 0) is 43.9 Å². The Kier molecular flexibility index (Phi) is 4.53. The SMILES string of the molecule is Fc1ccc(OCCC2CCCO2)c(CNC2CC2)c1. The Morgan fingerprint density at radius 3 is 2.95 bits per heavy atom. The van der Waals surface area contributed by atoms with Crippen molar-refractivity contribution in [2.75, 3.05) is 13.2 Å². The van der Waals surface area contributed by atoms with Crippen molar-refractivity contribution in [1.82, 2.24) is 5.32 Å². The molecular formula is C16H22FNO2. The van der Waals surface area contributed by atoms with Gasteiger partial charge in [-0.3, -0.25) is 0 Å². The number of benzene rings is 1. The molecule has 0 amide bonds. The van der Waals surface area contributed by atoms with Gasteiger partial charge in [0.15, 0.2) is 0 Å². The average Bonchev–Trinajstić information content (AvgIpc) is 3.13. The molecule has 0 bridgehead atoms. The lowest BCUT2D eigenvalue weighted by molar-refractivity contribution is 0.0902. The molecule has 2 aliphatic rings. The Hall–Kier alpha value is -1.13. The van der Waals surface area contributed by atoms with E-state index in [1.165, 1.54) is 18.9 Å². The first kappa shape index (κ1) is 13.8. The van der Waals surface area contributed by atoms with Gasteiger partial charge in [-0.2, -0.15) is 0 Å². The summed E-state index contributed by atoms with van der Waals surface area (Å²) >= 11 is 0. The van der Waals surface area contributed by atoms with Gasteiger partial charge in [0.05, 0.1) is 12.7 Å². The molecule has 1 aromatic rings. The van der Waals surface area contributed by atoms with Crippen LogP contribution in [0.25, 0.3) is 0 Å². The van der Waals surface area contributed by atoms with E-state index < -0.39 is 0 Å². The zero-order valence-electron chi connectivity index (χ0n) is 11.7. The lowest BCUT2D eigenvalue weighted by Crippen LogP contribution is -2.17. The molecule has 0 aromatic heterocycles. The van der Waals surface area contributed by atoms with Crippen molar-refractivity contribution in [3.8, 4) is 5.75 Å². The van der Waals surface area contributed by atoms with Gasteiger partial charge in [0.25, 0.3) is 0 Å². The van der Waals surface area contributed by atoms with Gasteiger partial charge in [0, 0.05) is 31.2 Å². The zero-order chi connectivity index (χ0) is 13.8. The second-order valence-corrected chi connectivity index (χ2v) is 5.68. The molecule has 1 aliphatic carbocycles. The number of nitrogens with one attached hydrogen (secondary N) is 1. The molecule has 3 nitrogen and oxygen atoms in total. The van der Waals surface area contributed by atoms with E-state index in [4.69, 9.17) is 9.47 Å². The monoisotopic (exact) mass is 279 g/mol. The van der Waals surface area contributed by atoms with Crippen molar-refractivity contribution in [1.29, 1.82) is 0 Å². The first-order valence-corrected chi connectivity index (χ1v) is 7.57. The zero-order valence-corrected chi connectivity index (χ0v) is 11.7. The van der Waals surface area contributed by atoms with Crippen LogP contribution in [0.3, 0.4) is 0 Å². The molecule has 0 spiro atoms. The number of hydrogen-bond acceptors (Lipinski definition) is 3. The van der Waals surface area contributed by atoms with Crippen LogP contribution in [0.5, 0.6) is 5.75 Å². The summed E-state index contributed by atoms with van der Waals surface area (Å²) in [4.78, 5) is 0. The summed E-state index contributed by atoms with van der Waals surface area (Å²) in [5.41, 5.74) is 0.907. The van der Waals surface area contributed by atoms with Crippen molar-refractivity contribution >= 4 is 0 Å². The Morgan fingerprint density at radius 1 is 1.30 bits per heavy atom. The van der Waals surface area contributed by atoms with Crippen LogP contribution in [0.2, 0.25) is 0 Å². The molecule has 1 aromatic carbocycles. The minimum atomic E-state index is -0.205. The topological polar surface area (TPSA) is 30.5 Å². The van der Waals surface area contributed by atoms with Crippen LogP contribution in [0.4, 0.5) is 4.39 Å². The maximum absolute atomic E-state index is 13.4. The molecule has 1 saturated carbocycles. The summed E-state index contributed by atoms with van der Waals surface area (Å²) in [5, 5.41) is 3.40. The smallest absolute Gasteiger partial charge is 0.123 e.